The van der Waals surface area contributed by atoms with Crippen LogP contribution in [0, 0.1) is 5.82 Å². The van der Waals surface area contributed by atoms with Crippen LogP contribution < -0.4 is 13.9 Å². The largest absolute Gasteiger partial charge is 0.489 e. The third kappa shape index (κ3) is 4.29. The van der Waals surface area contributed by atoms with Crippen LogP contribution in [0.1, 0.15) is 13.8 Å². The second-order valence-electron chi connectivity index (χ2n) is 7.73. The summed E-state index contributed by atoms with van der Waals surface area (Å²) in [6.07, 6.45) is -6.87. The number of nitrogens with zero attached hydrogens (tertiary/aromatic N) is 2. The second kappa shape index (κ2) is 8.37. The zero-order valence-corrected chi connectivity index (χ0v) is 18.2. The number of carboxylic acid groups (broad SMARTS) is 1. The molecular weight excluding hydrogens is 472 g/mol. The number of carbonyl (C=O) groups is 1. The van der Waals surface area contributed by atoms with Crippen molar-refractivity contribution in [2.75, 3.05) is 22.4 Å². The highest BCUT2D eigenvalue weighted by Crippen LogP contribution is 2.44. The quantitative estimate of drug-likeness (QED) is 0.618. The van der Waals surface area contributed by atoms with Crippen molar-refractivity contribution in [3.63, 3.8) is 0 Å². The summed E-state index contributed by atoms with van der Waals surface area (Å²) in [5, 5.41) is 19.3. The van der Waals surface area contributed by atoms with Gasteiger partial charge < -0.3 is 14.9 Å². The molecule has 0 radical (unpaired) electrons. The van der Waals surface area contributed by atoms with Gasteiger partial charge in [-0.1, -0.05) is 0 Å². The van der Waals surface area contributed by atoms with Crippen LogP contribution >= 0.6 is 0 Å². The molecule has 0 aromatic heterocycles. The zero-order valence-electron chi connectivity index (χ0n) is 17.4. The van der Waals surface area contributed by atoms with Crippen molar-refractivity contribution in [2.24, 2.45) is 0 Å². The molecule has 1 amide bonds. The Morgan fingerprint density at radius 3 is 2.30 bits per heavy atom. The molecular formula is C20H20F4N2O6S. The third-order valence-electron chi connectivity index (χ3n) is 5.23. The maximum absolute atomic E-state index is 13.6. The molecule has 0 saturated carbocycles. The highest BCUT2D eigenvalue weighted by atomic mass is 32.2. The van der Waals surface area contributed by atoms with Crippen LogP contribution in [0.25, 0.3) is 0 Å². The van der Waals surface area contributed by atoms with Crippen LogP contribution in [0.3, 0.4) is 0 Å². The molecule has 1 atom stereocenters. The van der Waals surface area contributed by atoms with E-state index in [1.807, 2.05) is 0 Å². The molecule has 0 saturated heterocycles. The van der Waals surface area contributed by atoms with Crippen LogP contribution in [0.4, 0.5) is 33.7 Å². The lowest BCUT2D eigenvalue weighted by atomic mass is 10.0. The van der Waals surface area contributed by atoms with E-state index in [-0.39, 0.29) is 27.8 Å². The number of fused-ring (bicyclic) bond motifs is 1. The fraction of sp³-hybridized carbons (Fsp3) is 0.350. The molecule has 1 heterocycles. The average molecular weight is 492 g/mol. The summed E-state index contributed by atoms with van der Waals surface area (Å²) in [4.78, 5) is 11.5. The number of ether oxygens (including phenoxy) is 1. The number of aliphatic hydroxyl groups is 1. The highest BCUT2D eigenvalue weighted by Gasteiger charge is 2.54. The normalized spacial score (nSPS) is 16.7. The van der Waals surface area contributed by atoms with Crippen LogP contribution in [0.5, 0.6) is 5.75 Å². The van der Waals surface area contributed by atoms with Gasteiger partial charge in [0.25, 0.3) is 10.0 Å². The number of anilines is 2. The summed E-state index contributed by atoms with van der Waals surface area (Å²) in [6, 6.07) is 5.78. The second-order valence-corrected chi connectivity index (χ2v) is 9.54. The molecule has 33 heavy (non-hydrogen) atoms. The van der Waals surface area contributed by atoms with E-state index >= 15 is 0 Å². The molecule has 1 aliphatic heterocycles. The van der Waals surface area contributed by atoms with Crippen molar-refractivity contribution in [1.29, 1.82) is 0 Å². The lowest BCUT2D eigenvalue weighted by Crippen LogP contribution is -2.57. The van der Waals surface area contributed by atoms with Gasteiger partial charge in [0.15, 0.2) is 0 Å². The Kier molecular flexibility index (Phi) is 6.24. The van der Waals surface area contributed by atoms with E-state index in [2.05, 4.69) is 0 Å². The Labute approximate surface area is 186 Å². The van der Waals surface area contributed by atoms with Gasteiger partial charge in [-0.05, 0) is 56.3 Å². The minimum Gasteiger partial charge on any atom is -0.489 e. The van der Waals surface area contributed by atoms with E-state index in [0.717, 1.165) is 46.8 Å². The first-order valence-electron chi connectivity index (χ1n) is 9.49. The summed E-state index contributed by atoms with van der Waals surface area (Å²) in [5.41, 5.74) is -3.60. The number of hydrogen-bond donors (Lipinski definition) is 2. The predicted molar refractivity (Wildman–Crippen MR) is 110 cm³/mol. The van der Waals surface area contributed by atoms with Gasteiger partial charge in [0.05, 0.1) is 22.9 Å². The Morgan fingerprint density at radius 2 is 1.79 bits per heavy atom. The third-order valence-corrected chi connectivity index (χ3v) is 7.11. The molecule has 2 aromatic carbocycles. The average Bonchev–Trinajstić information content (AvgIpc) is 2.71. The van der Waals surface area contributed by atoms with E-state index in [4.69, 9.17) is 4.74 Å². The summed E-state index contributed by atoms with van der Waals surface area (Å²) in [7, 11) is -4.44. The number of alkyl halides is 3. The van der Waals surface area contributed by atoms with E-state index in [9.17, 15) is 41.0 Å². The monoisotopic (exact) mass is 492 g/mol. The summed E-state index contributed by atoms with van der Waals surface area (Å²) < 4.78 is 87.0. The van der Waals surface area contributed by atoms with Crippen molar-refractivity contribution in [2.45, 2.75) is 36.5 Å². The van der Waals surface area contributed by atoms with E-state index in [1.54, 1.807) is 0 Å². The van der Waals surface area contributed by atoms with Gasteiger partial charge in [0, 0.05) is 0 Å². The molecule has 0 spiro atoms. The molecule has 0 fully saturated rings. The molecule has 3 rings (SSSR count). The van der Waals surface area contributed by atoms with Crippen LogP contribution in [-0.2, 0) is 10.0 Å². The van der Waals surface area contributed by atoms with E-state index < -0.39 is 52.0 Å². The molecule has 8 nitrogen and oxygen atoms in total. The lowest BCUT2D eigenvalue weighted by molar-refractivity contribution is -0.175. The Hall–Kier alpha value is -3.06. The molecule has 180 valence electrons. The van der Waals surface area contributed by atoms with Crippen LogP contribution in [-0.4, -0.2) is 55.7 Å². The smallest absolute Gasteiger partial charge is 0.412 e. The van der Waals surface area contributed by atoms with Gasteiger partial charge in [0.2, 0.25) is 0 Å². The first-order valence-corrected chi connectivity index (χ1v) is 10.9. The maximum Gasteiger partial charge on any atom is 0.412 e. The van der Waals surface area contributed by atoms with Gasteiger partial charge in [-0.25, -0.2) is 17.6 Å². The molecule has 0 bridgehead atoms. The number of aliphatic hydroxyl groups excluding tert-OH is 1. The Bertz CT molecular complexity index is 1150. The first kappa shape index (κ1) is 24.6. The van der Waals surface area contributed by atoms with E-state index in [1.165, 1.54) is 0 Å². The number of sulfonamides is 1. The molecule has 2 aromatic rings. The van der Waals surface area contributed by atoms with Gasteiger partial charge in [0.1, 0.15) is 29.8 Å². The number of benzene rings is 2. The topological polar surface area (TPSA) is 107 Å². The lowest BCUT2D eigenvalue weighted by Gasteiger charge is -2.40. The Morgan fingerprint density at radius 1 is 1.18 bits per heavy atom. The molecule has 2 N–H and O–H groups in total. The van der Waals surface area contributed by atoms with Crippen molar-refractivity contribution < 1.29 is 45.7 Å². The molecule has 0 unspecified atom stereocenters. The number of rotatable bonds is 5. The minimum atomic E-state index is -4.95. The van der Waals surface area contributed by atoms with Crippen molar-refractivity contribution in [3.8, 4) is 5.75 Å². The van der Waals surface area contributed by atoms with Crippen molar-refractivity contribution >= 4 is 27.5 Å². The van der Waals surface area contributed by atoms with Gasteiger partial charge in [-0.3, -0.25) is 9.21 Å². The van der Waals surface area contributed by atoms with E-state index in [0.29, 0.717) is 13.8 Å². The number of hydrogen-bond acceptors (Lipinski definition) is 5. The Balaban J connectivity index is 2.20. The molecule has 13 heteroatoms. The predicted octanol–water partition coefficient (Wildman–Crippen LogP) is 3.60. The van der Waals surface area contributed by atoms with Gasteiger partial charge in [-0.2, -0.15) is 13.2 Å². The summed E-state index contributed by atoms with van der Waals surface area (Å²) >= 11 is 0. The summed E-state index contributed by atoms with van der Waals surface area (Å²) in [6.45, 7) is 0.349. The fourth-order valence-electron chi connectivity index (χ4n) is 3.36. The SMILES string of the molecule is CC(C)(N(C(=O)O)c1ccc2c(c1)N(S(=O)(=O)c1ccc(F)cc1)[C@@H](CO)CO2)C(F)(F)F. The standard InChI is InChI=1S/C20H20F4N2O6S/c1-19(2,20(22,23)24)25(18(28)29)13-5-8-17-16(9-13)26(14(10-27)11-32-17)33(30,31)15-6-3-12(21)4-7-15/h3-9,14,27H,10-11H2,1-2H3,(H,28,29)/t14-/m0/s1. The van der Waals surface area contributed by atoms with Crippen molar-refractivity contribution in [3.05, 3.63) is 48.3 Å². The van der Waals surface area contributed by atoms with Crippen molar-refractivity contribution in [1.82, 2.24) is 0 Å². The fourth-order valence-corrected chi connectivity index (χ4v) is 4.99. The zero-order chi connectivity index (χ0) is 24.8. The van der Waals surface area contributed by atoms with Gasteiger partial charge in [-0.15, -0.1) is 0 Å². The van der Waals surface area contributed by atoms with Crippen LogP contribution in [0.2, 0.25) is 0 Å². The number of amides is 1. The molecule has 0 aliphatic carbocycles. The van der Waals surface area contributed by atoms with Gasteiger partial charge >= 0.3 is 12.3 Å². The molecule has 1 aliphatic rings. The highest BCUT2D eigenvalue weighted by molar-refractivity contribution is 7.92. The number of halogens is 4. The first-order chi connectivity index (χ1) is 15.2. The van der Waals surface area contributed by atoms with Crippen LogP contribution in [0.15, 0.2) is 47.4 Å². The minimum absolute atomic E-state index is 0.0516. The maximum atomic E-state index is 13.6. The summed E-state index contributed by atoms with van der Waals surface area (Å²) in [5.74, 6) is -0.743.